The molecule has 2 heteroatoms. The van der Waals surface area contributed by atoms with Crippen molar-refractivity contribution in [3.05, 3.63) is 90.5 Å². The molecule has 1 aromatic heterocycles. The van der Waals surface area contributed by atoms with Crippen LogP contribution in [0.2, 0.25) is 0 Å². The largest absolute Gasteiger partial charge is 0.330 e. The number of aromatic nitrogens is 1. The molecule has 0 amide bonds. The molecule has 0 bridgehead atoms. The summed E-state index contributed by atoms with van der Waals surface area (Å²) in [5.74, 6) is 1.21. The molecule has 4 aromatic rings. The Hall–Kier alpha value is -3.26. The zero-order chi connectivity index (χ0) is 17.8. The van der Waals surface area contributed by atoms with Crippen LogP contribution in [0.1, 0.15) is 11.1 Å². The van der Waals surface area contributed by atoms with E-state index in [1.54, 1.807) is 0 Å². The van der Waals surface area contributed by atoms with Gasteiger partial charge >= 0.3 is 0 Å². The van der Waals surface area contributed by atoms with Crippen LogP contribution < -0.4 is 4.90 Å². The van der Waals surface area contributed by atoms with Gasteiger partial charge in [0.25, 0.3) is 0 Å². The molecule has 0 N–H and O–H groups in total. The Morgan fingerprint density at radius 1 is 0.692 bits per heavy atom. The number of aryl methyl sites for hydroxylation is 1. The first-order chi connectivity index (χ1) is 12.7. The van der Waals surface area contributed by atoms with E-state index in [-0.39, 0.29) is 0 Å². The van der Waals surface area contributed by atoms with Gasteiger partial charge < -0.3 is 9.47 Å². The molecule has 0 unspecified atom stereocenters. The summed E-state index contributed by atoms with van der Waals surface area (Å²) in [7, 11) is 4.30. The molecule has 0 saturated heterocycles. The number of hydrogen-bond acceptors (Lipinski definition) is 1. The van der Waals surface area contributed by atoms with Crippen molar-refractivity contribution in [3.8, 4) is 11.1 Å². The van der Waals surface area contributed by atoms with Crippen molar-refractivity contribution >= 4 is 28.0 Å². The van der Waals surface area contributed by atoms with Crippen molar-refractivity contribution in [1.29, 1.82) is 0 Å². The normalized spacial score (nSPS) is 13.0. The highest BCUT2D eigenvalue weighted by Gasteiger charge is 2.27. The number of fused-ring (bicyclic) bond motifs is 6. The van der Waals surface area contributed by atoms with E-state index in [1.807, 2.05) is 0 Å². The summed E-state index contributed by atoms with van der Waals surface area (Å²) >= 11 is 0. The highest BCUT2D eigenvalue weighted by atomic mass is 15.2. The predicted octanol–water partition coefficient (Wildman–Crippen LogP) is 5.99. The summed E-state index contributed by atoms with van der Waals surface area (Å²) in [6.07, 6.45) is 0. The van der Waals surface area contributed by atoms with Crippen LogP contribution in [-0.4, -0.2) is 11.6 Å². The summed E-state index contributed by atoms with van der Waals surface area (Å²) in [4.78, 5) is 2.30. The first-order valence-corrected chi connectivity index (χ1v) is 8.87. The van der Waals surface area contributed by atoms with Crippen molar-refractivity contribution in [1.82, 2.24) is 4.57 Å². The minimum Gasteiger partial charge on any atom is -0.330 e. The van der Waals surface area contributed by atoms with Gasteiger partial charge in [-0.1, -0.05) is 67.2 Å². The van der Waals surface area contributed by atoms with Gasteiger partial charge in [-0.05, 0) is 28.8 Å². The Morgan fingerprint density at radius 3 is 2.12 bits per heavy atom. The fraction of sp³-hybridized carbons (Fsp3) is 0.0833. The highest BCUT2D eigenvalue weighted by Crippen LogP contribution is 2.48. The number of benzene rings is 3. The van der Waals surface area contributed by atoms with E-state index in [0.29, 0.717) is 0 Å². The van der Waals surface area contributed by atoms with E-state index < -0.39 is 0 Å². The highest BCUT2D eigenvalue weighted by molar-refractivity contribution is 6.09. The first-order valence-electron chi connectivity index (χ1n) is 8.87. The second-order valence-corrected chi connectivity index (χ2v) is 6.88. The van der Waals surface area contributed by atoms with Crippen molar-refractivity contribution in [2.24, 2.45) is 7.05 Å². The van der Waals surface area contributed by atoms with Gasteiger partial charge in [-0.2, -0.15) is 0 Å². The second kappa shape index (κ2) is 5.37. The van der Waals surface area contributed by atoms with E-state index in [2.05, 4.69) is 103 Å². The Morgan fingerprint density at radius 2 is 1.31 bits per heavy atom. The zero-order valence-corrected chi connectivity index (χ0v) is 15.0. The molecular weight excluding hydrogens is 316 g/mol. The summed E-state index contributed by atoms with van der Waals surface area (Å²) in [6, 6.07) is 25.8. The Balaban J connectivity index is 2.02. The smallest absolute Gasteiger partial charge is 0.121 e. The van der Waals surface area contributed by atoms with Crippen molar-refractivity contribution < 1.29 is 0 Å². The van der Waals surface area contributed by atoms with Gasteiger partial charge in [0.2, 0.25) is 0 Å². The molecule has 2 heterocycles. The van der Waals surface area contributed by atoms with Crippen LogP contribution in [-0.2, 0) is 7.05 Å². The van der Waals surface area contributed by atoms with Crippen LogP contribution in [0, 0.1) is 0 Å². The Bertz CT molecular complexity index is 1180. The van der Waals surface area contributed by atoms with Gasteiger partial charge in [0.15, 0.2) is 0 Å². The predicted molar refractivity (Wildman–Crippen MR) is 111 cm³/mol. The topological polar surface area (TPSA) is 8.17 Å². The van der Waals surface area contributed by atoms with Gasteiger partial charge in [-0.3, -0.25) is 0 Å². The maximum absolute atomic E-state index is 4.46. The number of para-hydroxylation sites is 2. The molecule has 0 atom stereocenters. The molecule has 0 spiro atoms. The Kier molecular flexibility index (Phi) is 3.10. The van der Waals surface area contributed by atoms with Gasteiger partial charge in [-0.25, -0.2) is 0 Å². The third kappa shape index (κ3) is 1.87. The first kappa shape index (κ1) is 15.0. The van der Waals surface area contributed by atoms with Gasteiger partial charge in [0.1, 0.15) is 5.82 Å². The maximum atomic E-state index is 4.46. The van der Waals surface area contributed by atoms with Gasteiger partial charge in [0, 0.05) is 36.3 Å². The van der Waals surface area contributed by atoms with Crippen molar-refractivity contribution in [3.63, 3.8) is 0 Å². The second-order valence-electron chi connectivity index (χ2n) is 6.88. The van der Waals surface area contributed by atoms with Crippen LogP contribution in [0.3, 0.4) is 0 Å². The summed E-state index contributed by atoms with van der Waals surface area (Å²) in [5.41, 5.74) is 8.39. The standard InChI is InChI=1S/C24H20N2/c1-16-17-10-4-5-12-19(17)23-20-13-7-9-15-22(20)26(3)24(23)25(2)21-14-8-6-11-18(16)21/h4-15H,1H2,2-3H3. The number of rotatable bonds is 0. The minimum atomic E-state index is 1.07. The lowest BCUT2D eigenvalue weighted by atomic mass is 9.88. The average molecular weight is 336 g/mol. The molecule has 26 heavy (non-hydrogen) atoms. The SMILES string of the molecule is C=C1c2ccccc2-c2c(n(C)c3ccccc23)N(C)c2ccccc21. The number of hydrogen-bond donors (Lipinski definition) is 0. The third-order valence-electron chi connectivity index (χ3n) is 5.51. The molecule has 2 nitrogen and oxygen atoms in total. The molecule has 0 fully saturated rings. The maximum Gasteiger partial charge on any atom is 0.121 e. The summed E-state index contributed by atoms with van der Waals surface area (Å²) in [6.45, 7) is 4.46. The van der Waals surface area contributed by atoms with Crippen LogP contribution in [0.15, 0.2) is 79.4 Å². The lowest BCUT2D eigenvalue weighted by Gasteiger charge is -2.29. The molecule has 1 aliphatic rings. The monoisotopic (exact) mass is 336 g/mol. The molecule has 5 rings (SSSR count). The average Bonchev–Trinajstić information content (AvgIpc) is 2.99. The van der Waals surface area contributed by atoms with Crippen molar-refractivity contribution in [2.45, 2.75) is 0 Å². The van der Waals surface area contributed by atoms with E-state index in [9.17, 15) is 0 Å². The summed E-state index contributed by atoms with van der Waals surface area (Å²) < 4.78 is 2.30. The van der Waals surface area contributed by atoms with E-state index in [1.165, 1.54) is 44.7 Å². The molecule has 3 aromatic carbocycles. The van der Waals surface area contributed by atoms with Crippen LogP contribution in [0.4, 0.5) is 11.5 Å². The minimum absolute atomic E-state index is 1.07. The van der Waals surface area contributed by atoms with Crippen LogP contribution in [0.25, 0.3) is 27.6 Å². The molecular formula is C24H20N2. The van der Waals surface area contributed by atoms with E-state index >= 15 is 0 Å². The Labute approximate surface area is 153 Å². The quantitative estimate of drug-likeness (QED) is 0.383. The lowest BCUT2D eigenvalue weighted by Crippen LogP contribution is -2.17. The number of nitrogens with zero attached hydrogens (tertiary/aromatic N) is 2. The van der Waals surface area contributed by atoms with Crippen LogP contribution >= 0.6 is 0 Å². The molecule has 0 saturated carbocycles. The fourth-order valence-electron chi connectivity index (χ4n) is 4.28. The molecule has 1 aliphatic heterocycles. The van der Waals surface area contributed by atoms with E-state index in [4.69, 9.17) is 0 Å². The molecule has 126 valence electrons. The van der Waals surface area contributed by atoms with Crippen LogP contribution in [0.5, 0.6) is 0 Å². The lowest BCUT2D eigenvalue weighted by molar-refractivity contribution is 0.934. The van der Waals surface area contributed by atoms with Gasteiger partial charge in [0.05, 0.1) is 5.52 Å². The zero-order valence-electron chi connectivity index (χ0n) is 15.0. The van der Waals surface area contributed by atoms with Gasteiger partial charge in [-0.15, -0.1) is 0 Å². The molecule has 0 radical (unpaired) electrons. The molecule has 0 aliphatic carbocycles. The van der Waals surface area contributed by atoms with Crippen molar-refractivity contribution in [2.75, 3.05) is 11.9 Å². The fourth-order valence-corrected chi connectivity index (χ4v) is 4.28. The number of anilines is 2. The third-order valence-corrected chi connectivity index (χ3v) is 5.51. The summed E-state index contributed by atoms with van der Waals surface area (Å²) in [5, 5.41) is 1.27. The van der Waals surface area contributed by atoms with E-state index in [0.717, 1.165) is 5.57 Å².